The monoisotopic (exact) mass is 527 g/mol. The molecule has 0 saturated heterocycles. The minimum absolute atomic E-state index is 0.0130. The fraction of sp³-hybridized carbons (Fsp3) is 0.394. The van der Waals surface area contributed by atoms with Crippen molar-refractivity contribution >= 4 is 11.8 Å². The summed E-state index contributed by atoms with van der Waals surface area (Å²) < 4.78 is 5.89. The van der Waals surface area contributed by atoms with Crippen molar-refractivity contribution < 1.29 is 14.3 Å². The third kappa shape index (κ3) is 8.96. The van der Waals surface area contributed by atoms with Gasteiger partial charge in [-0.2, -0.15) is 0 Å². The highest BCUT2D eigenvalue weighted by molar-refractivity contribution is 5.81. The lowest BCUT2D eigenvalue weighted by Crippen LogP contribution is -2.47. The number of nitrogens with one attached hydrogen (secondary N) is 1. The van der Waals surface area contributed by atoms with E-state index in [1.807, 2.05) is 71.6 Å². The lowest BCUT2D eigenvalue weighted by Gasteiger charge is -2.37. The third-order valence-corrected chi connectivity index (χ3v) is 7.33. The molecular formula is C33H41N3O3. The summed E-state index contributed by atoms with van der Waals surface area (Å²) in [6, 6.07) is 25.8. The molecule has 1 atom stereocenters. The highest BCUT2D eigenvalue weighted by atomic mass is 16.5. The molecule has 3 aromatic rings. The molecule has 0 radical (unpaired) electrons. The maximum atomic E-state index is 13.5. The van der Waals surface area contributed by atoms with Crippen LogP contribution >= 0.6 is 0 Å². The molecular weight excluding hydrogens is 486 g/mol. The number of amides is 2. The second-order valence-electron chi connectivity index (χ2n) is 10.4. The molecule has 3 aromatic carbocycles. The summed E-state index contributed by atoms with van der Waals surface area (Å²) in [5.74, 6) is 0.829. The van der Waals surface area contributed by atoms with Crippen LogP contribution in [0.5, 0.6) is 5.75 Å². The van der Waals surface area contributed by atoms with Crippen LogP contribution in [0.4, 0.5) is 0 Å². The number of carbonyl (C=O) groups is 2. The third-order valence-electron chi connectivity index (χ3n) is 7.33. The number of hydrogen-bond donors (Lipinski definition) is 2. The molecule has 1 unspecified atom stereocenters. The van der Waals surface area contributed by atoms with Crippen LogP contribution in [0.25, 0.3) is 0 Å². The second kappa shape index (κ2) is 15.1. The predicted octanol–water partition coefficient (Wildman–Crippen LogP) is 5.18. The van der Waals surface area contributed by atoms with E-state index < -0.39 is 0 Å². The van der Waals surface area contributed by atoms with Gasteiger partial charge in [0, 0.05) is 25.6 Å². The largest absolute Gasteiger partial charge is 0.489 e. The molecule has 0 aromatic heterocycles. The van der Waals surface area contributed by atoms with Crippen LogP contribution in [0, 0.1) is 0 Å². The topological polar surface area (TPSA) is 84.7 Å². The highest BCUT2D eigenvalue weighted by Crippen LogP contribution is 2.26. The number of nitrogens with two attached hydrogens (primary N) is 1. The Morgan fingerprint density at radius 2 is 1.51 bits per heavy atom. The summed E-state index contributed by atoms with van der Waals surface area (Å²) >= 11 is 0. The van der Waals surface area contributed by atoms with Gasteiger partial charge in [0.1, 0.15) is 12.4 Å². The van der Waals surface area contributed by atoms with Gasteiger partial charge in [-0.3, -0.25) is 9.59 Å². The Balaban J connectivity index is 1.31. The molecule has 2 amide bonds. The van der Waals surface area contributed by atoms with E-state index in [1.165, 1.54) is 5.56 Å². The number of hydrogen-bond acceptors (Lipinski definition) is 4. The lowest BCUT2D eigenvalue weighted by atomic mass is 9.91. The van der Waals surface area contributed by atoms with E-state index >= 15 is 0 Å². The normalized spacial score (nSPS) is 14.5. The number of unbranched alkanes of at least 4 members (excludes halogenated alkanes) is 4. The predicted molar refractivity (Wildman–Crippen MR) is 155 cm³/mol. The van der Waals surface area contributed by atoms with Crippen molar-refractivity contribution in [3.8, 4) is 5.75 Å². The Bertz CT molecular complexity index is 1180. The molecule has 3 N–H and O–H groups in total. The lowest BCUT2D eigenvalue weighted by molar-refractivity contribution is -0.135. The van der Waals surface area contributed by atoms with Crippen LogP contribution in [0.1, 0.15) is 60.8 Å². The van der Waals surface area contributed by atoms with Crippen molar-refractivity contribution in [2.75, 3.05) is 13.1 Å². The van der Waals surface area contributed by atoms with Crippen LogP contribution in [0.2, 0.25) is 0 Å². The molecule has 39 heavy (non-hydrogen) atoms. The number of ether oxygens (including phenoxy) is 1. The maximum Gasteiger partial charge on any atom is 0.227 e. The highest BCUT2D eigenvalue weighted by Gasteiger charge is 2.31. The molecule has 1 aliphatic heterocycles. The first-order chi connectivity index (χ1) is 19.1. The smallest absolute Gasteiger partial charge is 0.227 e. The molecule has 6 heteroatoms. The van der Waals surface area contributed by atoms with E-state index in [4.69, 9.17) is 10.5 Å². The summed E-state index contributed by atoms with van der Waals surface area (Å²) in [5, 5.41) is 3.07. The quantitative estimate of drug-likeness (QED) is 0.283. The maximum absolute atomic E-state index is 13.5. The summed E-state index contributed by atoms with van der Waals surface area (Å²) in [6.45, 7) is 2.46. The molecule has 1 heterocycles. The van der Waals surface area contributed by atoms with E-state index in [1.54, 1.807) is 0 Å². The Morgan fingerprint density at radius 3 is 2.28 bits per heavy atom. The first-order valence-corrected chi connectivity index (χ1v) is 14.2. The van der Waals surface area contributed by atoms with Crippen molar-refractivity contribution in [1.29, 1.82) is 0 Å². The van der Waals surface area contributed by atoms with E-state index in [-0.39, 0.29) is 17.9 Å². The van der Waals surface area contributed by atoms with Gasteiger partial charge in [-0.15, -0.1) is 0 Å². The van der Waals surface area contributed by atoms with Gasteiger partial charge in [0.05, 0.1) is 6.42 Å². The van der Waals surface area contributed by atoms with Crippen molar-refractivity contribution in [2.24, 2.45) is 5.73 Å². The van der Waals surface area contributed by atoms with Crippen molar-refractivity contribution in [2.45, 2.75) is 70.6 Å². The van der Waals surface area contributed by atoms with Crippen molar-refractivity contribution in [1.82, 2.24) is 10.2 Å². The Kier molecular flexibility index (Phi) is 11.0. The molecule has 6 nitrogen and oxygen atoms in total. The van der Waals surface area contributed by atoms with E-state index in [0.717, 1.165) is 61.1 Å². The molecule has 0 fully saturated rings. The minimum atomic E-state index is -0.148. The average molecular weight is 528 g/mol. The van der Waals surface area contributed by atoms with Gasteiger partial charge in [-0.05, 0) is 60.2 Å². The number of benzene rings is 3. The SMILES string of the molecule is NCCCCCCCNC(=O)CC1Cc2ccccc2CN1C(=O)Cc1ccc(OCc2ccccc2)cc1. The molecule has 0 spiro atoms. The first kappa shape index (κ1) is 28.4. The Labute approximate surface area is 232 Å². The van der Waals surface area contributed by atoms with Crippen LogP contribution in [-0.4, -0.2) is 35.8 Å². The Hall–Kier alpha value is -3.64. The molecule has 206 valence electrons. The van der Waals surface area contributed by atoms with Gasteiger partial charge in [0.15, 0.2) is 0 Å². The van der Waals surface area contributed by atoms with Gasteiger partial charge in [-0.1, -0.05) is 86.0 Å². The standard InChI is InChI=1S/C33H41N3O3/c34-19-9-2-1-3-10-20-35-32(37)23-30-22-28-13-7-8-14-29(28)24-36(30)33(38)21-26-15-17-31(18-16-26)39-25-27-11-5-4-6-12-27/h4-8,11-18,30H,1-3,9-10,19-25,34H2,(H,35,37). The number of nitrogens with zero attached hydrogens (tertiary/aromatic N) is 1. The molecule has 0 saturated carbocycles. The summed E-state index contributed by atoms with van der Waals surface area (Å²) in [4.78, 5) is 28.2. The number of carbonyl (C=O) groups excluding carboxylic acids is 2. The Morgan fingerprint density at radius 1 is 0.821 bits per heavy atom. The molecule has 4 rings (SSSR count). The summed E-state index contributed by atoms with van der Waals surface area (Å²) in [5.41, 5.74) is 9.97. The number of rotatable bonds is 14. The minimum Gasteiger partial charge on any atom is -0.489 e. The molecule has 1 aliphatic rings. The van der Waals surface area contributed by atoms with Gasteiger partial charge in [0.25, 0.3) is 0 Å². The van der Waals surface area contributed by atoms with Crippen LogP contribution in [0.15, 0.2) is 78.9 Å². The average Bonchev–Trinajstić information content (AvgIpc) is 2.96. The summed E-state index contributed by atoms with van der Waals surface area (Å²) in [6.07, 6.45) is 6.73. The van der Waals surface area contributed by atoms with Crippen molar-refractivity contribution in [3.63, 3.8) is 0 Å². The van der Waals surface area contributed by atoms with Gasteiger partial charge in [-0.25, -0.2) is 0 Å². The van der Waals surface area contributed by atoms with Crippen LogP contribution < -0.4 is 15.8 Å². The zero-order valence-electron chi connectivity index (χ0n) is 22.8. The fourth-order valence-electron chi connectivity index (χ4n) is 5.10. The van der Waals surface area contributed by atoms with E-state index in [2.05, 4.69) is 17.4 Å². The van der Waals surface area contributed by atoms with Crippen molar-refractivity contribution in [3.05, 3.63) is 101 Å². The zero-order chi connectivity index (χ0) is 27.3. The van der Waals surface area contributed by atoms with Crippen LogP contribution in [0.3, 0.4) is 0 Å². The van der Waals surface area contributed by atoms with E-state index in [0.29, 0.717) is 39.0 Å². The molecule has 0 bridgehead atoms. The molecule has 0 aliphatic carbocycles. The summed E-state index contributed by atoms with van der Waals surface area (Å²) in [7, 11) is 0. The van der Waals surface area contributed by atoms with Gasteiger partial charge < -0.3 is 20.7 Å². The second-order valence-corrected chi connectivity index (χ2v) is 10.4. The van der Waals surface area contributed by atoms with Gasteiger partial charge in [0.2, 0.25) is 11.8 Å². The number of fused-ring (bicyclic) bond motifs is 1. The zero-order valence-corrected chi connectivity index (χ0v) is 22.8. The first-order valence-electron chi connectivity index (χ1n) is 14.2. The van der Waals surface area contributed by atoms with Crippen LogP contribution in [-0.2, 0) is 35.6 Å². The fourth-order valence-corrected chi connectivity index (χ4v) is 5.10. The van der Waals surface area contributed by atoms with Gasteiger partial charge >= 0.3 is 0 Å². The van der Waals surface area contributed by atoms with E-state index in [9.17, 15) is 9.59 Å².